The van der Waals surface area contributed by atoms with Gasteiger partial charge in [0, 0.05) is 6.07 Å². The molecule has 1 aromatic carbocycles. The number of aliphatic hydroxyl groups is 4. The highest BCUT2D eigenvalue weighted by Gasteiger charge is 2.43. The van der Waals surface area contributed by atoms with Gasteiger partial charge in [-0.3, -0.25) is 10.1 Å². The van der Waals surface area contributed by atoms with E-state index >= 15 is 0 Å². The highest BCUT2D eigenvalue weighted by atomic mass is 16.6. The molecule has 1 heterocycles. The van der Waals surface area contributed by atoms with Gasteiger partial charge in [0.15, 0.2) is 6.23 Å². The zero-order chi connectivity index (χ0) is 16.4. The zero-order valence-electron chi connectivity index (χ0n) is 11.8. The van der Waals surface area contributed by atoms with Crippen LogP contribution < -0.4 is 5.32 Å². The van der Waals surface area contributed by atoms with Crippen molar-refractivity contribution >= 4 is 11.4 Å². The number of aryl methyl sites for hydroxylation is 1. The minimum absolute atomic E-state index is 0.0972. The molecule has 22 heavy (non-hydrogen) atoms. The van der Waals surface area contributed by atoms with E-state index in [2.05, 4.69) is 5.32 Å². The van der Waals surface area contributed by atoms with Gasteiger partial charge in [-0.05, 0) is 18.6 Å². The Balaban J connectivity index is 2.24. The van der Waals surface area contributed by atoms with Gasteiger partial charge < -0.3 is 30.5 Å². The Hall–Kier alpha value is -1.78. The molecule has 0 radical (unpaired) electrons. The molecule has 0 spiro atoms. The number of nitrogens with one attached hydrogen (secondary N) is 1. The first-order valence-corrected chi connectivity index (χ1v) is 6.67. The molecular weight excluding hydrogens is 296 g/mol. The summed E-state index contributed by atoms with van der Waals surface area (Å²) in [6.45, 7) is 1.13. The number of hydrogen-bond acceptors (Lipinski definition) is 8. The van der Waals surface area contributed by atoms with Crippen LogP contribution in [0.1, 0.15) is 5.56 Å². The first-order valence-electron chi connectivity index (χ1n) is 6.67. The van der Waals surface area contributed by atoms with Crippen LogP contribution in [0.5, 0.6) is 0 Å². The number of aliphatic hydroxyl groups excluding tert-OH is 4. The van der Waals surface area contributed by atoms with Gasteiger partial charge >= 0.3 is 0 Å². The summed E-state index contributed by atoms with van der Waals surface area (Å²) in [4.78, 5) is 10.5. The summed E-state index contributed by atoms with van der Waals surface area (Å²) in [5.74, 6) is 0. The Morgan fingerprint density at radius 2 is 1.95 bits per heavy atom. The third-order valence-corrected chi connectivity index (χ3v) is 3.54. The molecule has 1 saturated heterocycles. The van der Waals surface area contributed by atoms with E-state index in [1.54, 1.807) is 13.0 Å². The summed E-state index contributed by atoms with van der Waals surface area (Å²) in [6, 6.07) is 4.45. The fourth-order valence-electron chi connectivity index (χ4n) is 2.29. The average molecular weight is 314 g/mol. The summed E-state index contributed by atoms with van der Waals surface area (Å²) in [6.07, 6.45) is -6.84. The van der Waals surface area contributed by atoms with Crippen LogP contribution in [-0.2, 0) is 4.74 Å². The van der Waals surface area contributed by atoms with Crippen LogP contribution in [0.2, 0.25) is 0 Å². The second-order valence-corrected chi connectivity index (χ2v) is 5.17. The highest BCUT2D eigenvalue weighted by Crippen LogP contribution is 2.29. The molecule has 1 aromatic rings. The molecule has 0 amide bonds. The van der Waals surface area contributed by atoms with E-state index in [-0.39, 0.29) is 11.4 Å². The molecule has 122 valence electrons. The minimum Gasteiger partial charge on any atom is -0.394 e. The molecule has 0 aromatic heterocycles. The topological polar surface area (TPSA) is 145 Å². The van der Waals surface area contributed by atoms with Crippen molar-refractivity contribution in [3.8, 4) is 0 Å². The van der Waals surface area contributed by atoms with Crippen molar-refractivity contribution in [2.75, 3.05) is 11.9 Å². The first-order chi connectivity index (χ1) is 10.3. The van der Waals surface area contributed by atoms with Crippen LogP contribution in [0.15, 0.2) is 18.2 Å². The third-order valence-electron chi connectivity index (χ3n) is 3.54. The largest absolute Gasteiger partial charge is 0.394 e. The van der Waals surface area contributed by atoms with E-state index in [4.69, 9.17) is 9.84 Å². The molecule has 1 fully saturated rings. The molecule has 0 aliphatic carbocycles. The molecule has 0 saturated carbocycles. The Labute approximate surface area is 125 Å². The summed E-state index contributed by atoms with van der Waals surface area (Å²) in [7, 11) is 0. The van der Waals surface area contributed by atoms with Crippen LogP contribution >= 0.6 is 0 Å². The van der Waals surface area contributed by atoms with E-state index in [0.29, 0.717) is 5.56 Å². The molecule has 1 aliphatic heterocycles. The molecular formula is C13H18N2O7. The molecule has 0 bridgehead atoms. The number of rotatable bonds is 4. The first kappa shape index (κ1) is 16.6. The predicted octanol–water partition coefficient (Wildman–Crippen LogP) is -0.885. The second-order valence-electron chi connectivity index (χ2n) is 5.17. The van der Waals surface area contributed by atoms with Gasteiger partial charge in [-0.2, -0.15) is 0 Å². The number of anilines is 1. The van der Waals surface area contributed by atoms with Gasteiger partial charge in [0.2, 0.25) is 0 Å². The van der Waals surface area contributed by atoms with E-state index in [1.807, 2.05) is 0 Å². The van der Waals surface area contributed by atoms with Crippen LogP contribution in [0, 0.1) is 17.0 Å². The van der Waals surface area contributed by atoms with E-state index < -0.39 is 42.2 Å². The lowest BCUT2D eigenvalue weighted by Crippen LogP contribution is -2.60. The van der Waals surface area contributed by atoms with Crippen LogP contribution in [-0.4, -0.2) is 62.6 Å². The Kier molecular flexibility index (Phi) is 4.94. The molecule has 5 atom stereocenters. The minimum atomic E-state index is -1.55. The molecule has 1 aliphatic rings. The van der Waals surface area contributed by atoms with Crippen molar-refractivity contribution in [1.29, 1.82) is 0 Å². The maximum Gasteiger partial charge on any atom is 0.292 e. The summed E-state index contributed by atoms with van der Waals surface area (Å²) in [5.41, 5.74) is 0.572. The maximum atomic E-state index is 11.1. The lowest BCUT2D eigenvalue weighted by atomic mass is 9.98. The lowest BCUT2D eigenvalue weighted by molar-refractivity contribution is -0.384. The van der Waals surface area contributed by atoms with E-state index in [9.17, 15) is 25.4 Å². The lowest BCUT2D eigenvalue weighted by Gasteiger charge is -2.40. The van der Waals surface area contributed by atoms with Gasteiger partial charge in [-0.15, -0.1) is 0 Å². The smallest absolute Gasteiger partial charge is 0.292 e. The summed E-state index contributed by atoms with van der Waals surface area (Å²) >= 11 is 0. The Morgan fingerprint density at radius 3 is 2.55 bits per heavy atom. The Morgan fingerprint density at radius 1 is 1.27 bits per heavy atom. The Bertz CT molecular complexity index is 551. The van der Waals surface area contributed by atoms with Crippen molar-refractivity contribution < 1.29 is 30.1 Å². The highest BCUT2D eigenvalue weighted by molar-refractivity contribution is 5.62. The molecule has 5 N–H and O–H groups in total. The molecule has 9 heteroatoms. The maximum absolute atomic E-state index is 11.1. The fourth-order valence-corrected chi connectivity index (χ4v) is 2.29. The van der Waals surface area contributed by atoms with Crippen LogP contribution in [0.25, 0.3) is 0 Å². The summed E-state index contributed by atoms with van der Waals surface area (Å²) in [5, 5.41) is 52.1. The number of nitro groups is 1. The van der Waals surface area contributed by atoms with Gasteiger partial charge in [0.05, 0.1) is 11.5 Å². The van der Waals surface area contributed by atoms with Crippen LogP contribution in [0.3, 0.4) is 0 Å². The number of nitro benzene ring substituents is 1. The van der Waals surface area contributed by atoms with Crippen molar-refractivity contribution in [3.05, 3.63) is 33.9 Å². The van der Waals surface area contributed by atoms with Crippen molar-refractivity contribution in [1.82, 2.24) is 0 Å². The van der Waals surface area contributed by atoms with Gasteiger partial charge in [-0.1, -0.05) is 6.07 Å². The number of ether oxygens (including phenoxy) is 1. The third kappa shape index (κ3) is 3.18. The zero-order valence-corrected chi connectivity index (χ0v) is 11.8. The van der Waals surface area contributed by atoms with Crippen molar-refractivity contribution in [2.45, 2.75) is 37.6 Å². The van der Waals surface area contributed by atoms with Gasteiger partial charge in [-0.25, -0.2) is 0 Å². The predicted molar refractivity (Wildman–Crippen MR) is 75.2 cm³/mol. The van der Waals surface area contributed by atoms with Gasteiger partial charge in [0.1, 0.15) is 30.1 Å². The molecule has 2 rings (SSSR count). The van der Waals surface area contributed by atoms with Crippen LogP contribution in [0.4, 0.5) is 11.4 Å². The number of benzene rings is 1. The molecule has 0 unspecified atom stereocenters. The fraction of sp³-hybridized carbons (Fsp3) is 0.538. The molecule has 9 nitrogen and oxygen atoms in total. The average Bonchev–Trinajstić information content (AvgIpc) is 2.49. The second kappa shape index (κ2) is 6.55. The quantitative estimate of drug-likeness (QED) is 0.355. The van der Waals surface area contributed by atoms with E-state index in [0.717, 1.165) is 0 Å². The monoisotopic (exact) mass is 314 g/mol. The number of hydrogen-bond donors (Lipinski definition) is 5. The van der Waals surface area contributed by atoms with Gasteiger partial charge in [0.25, 0.3) is 5.69 Å². The SMILES string of the molecule is Cc1ccc(N[C@H]2O[C@@H](CO)[C@@H](O)[C@@H](O)[C@H]2O)c([N+](=O)[O-])c1. The van der Waals surface area contributed by atoms with E-state index in [1.165, 1.54) is 12.1 Å². The normalized spacial score (nSPS) is 31.8. The van der Waals surface area contributed by atoms with Crippen molar-refractivity contribution in [3.63, 3.8) is 0 Å². The summed E-state index contributed by atoms with van der Waals surface area (Å²) < 4.78 is 5.26. The standard InChI is InChI=1S/C13H18N2O7/c1-6-2-3-7(8(4-6)15(20)21)14-13-12(19)11(18)10(17)9(5-16)22-13/h2-4,9-14,16-19H,5H2,1H3/t9-,10+,11+,12+,13-/m0/s1. The van der Waals surface area contributed by atoms with Crippen molar-refractivity contribution in [2.24, 2.45) is 0 Å². The number of nitrogens with zero attached hydrogens (tertiary/aromatic N) is 1.